The van der Waals surface area contributed by atoms with Gasteiger partial charge in [-0.25, -0.2) is 0 Å². The lowest BCUT2D eigenvalue weighted by Crippen LogP contribution is -2.18. The number of benzene rings is 2. The van der Waals surface area contributed by atoms with E-state index in [4.69, 9.17) is 23.2 Å². The average molecular weight is 359 g/mol. The first kappa shape index (κ1) is 14.9. The van der Waals surface area contributed by atoms with Gasteiger partial charge in [0.05, 0.1) is 10.0 Å². The summed E-state index contributed by atoms with van der Waals surface area (Å²) in [5.41, 5.74) is 2.41. The van der Waals surface area contributed by atoms with E-state index in [0.717, 1.165) is 16.5 Å². The van der Waals surface area contributed by atoms with Gasteiger partial charge in [0.15, 0.2) is 0 Å². The minimum atomic E-state index is 0.255. The lowest BCUT2D eigenvalue weighted by Gasteiger charge is -2.17. The summed E-state index contributed by atoms with van der Waals surface area (Å²) in [6.07, 6.45) is 0.870. The maximum Gasteiger partial charge on any atom is 0.0595 e. The van der Waals surface area contributed by atoms with Crippen molar-refractivity contribution in [3.05, 3.63) is 68.1 Å². The summed E-state index contributed by atoms with van der Waals surface area (Å²) in [5.74, 6) is 0. The van der Waals surface area contributed by atoms with E-state index in [9.17, 15) is 0 Å². The number of likely N-dealkylation sites (N-methyl/N-ethyl adjacent to an activating group) is 1. The second-order valence-corrected chi connectivity index (χ2v) is 6.08. The van der Waals surface area contributed by atoms with Crippen LogP contribution in [0.4, 0.5) is 0 Å². The van der Waals surface area contributed by atoms with Crippen molar-refractivity contribution < 1.29 is 0 Å². The van der Waals surface area contributed by atoms with Crippen molar-refractivity contribution in [1.29, 1.82) is 0 Å². The average Bonchev–Trinajstić information content (AvgIpc) is 2.41. The van der Waals surface area contributed by atoms with Crippen LogP contribution in [-0.2, 0) is 6.42 Å². The van der Waals surface area contributed by atoms with Crippen molar-refractivity contribution in [2.75, 3.05) is 7.05 Å². The van der Waals surface area contributed by atoms with E-state index in [1.807, 2.05) is 25.2 Å². The third-order valence-corrected chi connectivity index (χ3v) is 4.31. The molecule has 0 aliphatic heterocycles. The third-order valence-electron chi connectivity index (χ3n) is 3.04. The number of hydrogen-bond donors (Lipinski definition) is 1. The first-order chi connectivity index (χ1) is 9.10. The molecule has 0 saturated heterocycles. The normalized spacial score (nSPS) is 12.4. The molecule has 2 aromatic carbocycles. The molecule has 1 atom stereocenters. The smallest absolute Gasteiger partial charge is 0.0595 e. The topological polar surface area (TPSA) is 12.0 Å². The van der Waals surface area contributed by atoms with E-state index < -0.39 is 0 Å². The van der Waals surface area contributed by atoms with Crippen LogP contribution in [0, 0.1) is 0 Å². The van der Waals surface area contributed by atoms with Crippen LogP contribution < -0.4 is 5.32 Å². The molecule has 0 amide bonds. The lowest BCUT2D eigenvalue weighted by molar-refractivity contribution is 0.592. The number of halogens is 3. The first-order valence-corrected chi connectivity index (χ1v) is 7.51. The highest BCUT2D eigenvalue weighted by Crippen LogP contribution is 2.26. The second-order valence-electron chi connectivity index (χ2n) is 4.35. The molecule has 4 heteroatoms. The molecule has 0 saturated carbocycles. The van der Waals surface area contributed by atoms with Gasteiger partial charge < -0.3 is 5.32 Å². The predicted molar refractivity (Wildman–Crippen MR) is 86.1 cm³/mol. The highest BCUT2D eigenvalue weighted by atomic mass is 79.9. The molecule has 0 fully saturated rings. The van der Waals surface area contributed by atoms with Gasteiger partial charge in [0.1, 0.15) is 0 Å². The standard InChI is InChI=1S/C15H14BrCl2N/c1-19-15(11-3-5-12(16)6-4-11)9-10-2-7-13(17)14(18)8-10/h2-8,15,19H,9H2,1H3. The van der Waals surface area contributed by atoms with Crippen LogP contribution in [0.15, 0.2) is 46.9 Å². The Labute approximate surface area is 132 Å². The summed E-state index contributed by atoms with van der Waals surface area (Å²) >= 11 is 15.4. The van der Waals surface area contributed by atoms with Gasteiger partial charge in [-0.05, 0) is 48.9 Å². The second kappa shape index (κ2) is 6.76. The van der Waals surface area contributed by atoms with Crippen LogP contribution in [0.25, 0.3) is 0 Å². The zero-order valence-electron chi connectivity index (χ0n) is 10.5. The molecule has 0 aliphatic rings. The maximum absolute atomic E-state index is 6.05. The fraction of sp³-hybridized carbons (Fsp3) is 0.200. The Morgan fingerprint density at radius 3 is 2.32 bits per heavy atom. The van der Waals surface area contributed by atoms with Crippen molar-refractivity contribution in [2.24, 2.45) is 0 Å². The minimum absolute atomic E-state index is 0.255. The Morgan fingerprint density at radius 1 is 1.05 bits per heavy atom. The van der Waals surface area contributed by atoms with E-state index in [0.29, 0.717) is 10.0 Å². The number of rotatable bonds is 4. The Hall–Kier alpha value is -0.540. The summed E-state index contributed by atoms with van der Waals surface area (Å²) in [6, 6.07) is 14.4. The van der Waals surface area contributed by atoms with Crippen LogP contribution >= 0.6 is 39.1 Å². The fourth-order valence-corrected chi connectivity index (χ4v) is 2.57. The summed E-state index contributed by atoms with van der Waals surface area (Å²) in [7, 11) is 1.96. The van der Waals surface area contributed by atoms with Crippen molar-refractivity contribution in [1.82, 2.24) is 5.32 Å². The van der Waals surface area contributed by atoms with Crippen molar-refractivity contribution in [3.63, 3.8) is 0 Å². The largest absolute Gasteiger partial charge is 0.313 e. The molecule has 0 spiro atoms. The highest BCUT2D eigenvalue weighted by molar-refractivity contribution is 9.10. The summed E-state index contributed by atoms with van der Waals surface area (Å²) in [4.78, 5) is 0. The summed E-state index contributed by atoms with van der Waals surface area (Å²) in [5, 5.41) is 4.52. The molecule has 0 radical (unpaired) electrons. The van der Waals surface area contributed by atoms with Crippen molar-refractivity contribution in [3.8, 4) is 0 Å². The SMILES string of the molecule is CNC(Cc1ccc(Cl)c(Cl)c1)c1ccc(Br)cc1. The molecule has 0 heterocycles. The molecular formula is C15H14BrCl2N. The van der Waals surface area contributed by atoms with Crippen molar-refractivity contribution in [2.45, 2.75) is 12.5 Å². The quantitative estimate of drug-likeness (QED) is 0.786. The van der Waals surface area contributed by atoms with Gasteiger partial charge in [0, 0.05) is 10.5 Å². The molecule has 2 rings (SSSR count). The van der Waals surface area contributed by atoms with Gasteiger partial charge in [0.2, 0.25) is 0 Å². The first-order valence-electron chi connectivity index (χ1n) is 5.97. The van der Waals surface area contributed by atoms with Crippen LogP contribution in [0.2, 0.25) is 10.0 Å². The van der Waals surface area contributed by atoms with E-state index in [1.54, 1.807) is 0 Å². The van der Waals surface area contributed by atoms with Gasteiger partial charge in [-0.3, -0.25) is 0 Å². The molecule has 0 bridgehead atoms. The lowest BCUT2D eigenvalue weighted by atomic mass is 9.99. The van der Waals surface area contributed by atoms with E-state index in [-0.39, 0.29) is 6.04 Å². The Balaban J connectivity index is 2.18. The van der Waals surface area contributed by atoms with Gasteiger partial charge in [0.25, 0.3) is 0 Å². The molecular weight excluding hydrogens is 345 g/mol. The predicted octanol–water partition coefficient (Wildman–Crippen LogP) is 5.26. The van der Waals surface area contributed by atoms with Crippen LogP contribution in [0.1, 0.15) is 17.2 Å². The van der Waals surface area contributed by atoms with E-state index >= 15 is 0 Å². The Kier molecular flexibility index (Phi) is 5.28. The molecule has 1 unspecified atom stereocenters. The third kappa shape index (κ3) is 3.96. The van der Waals surface area contributed by atoms with Gasteiger partial charge in [-0.15, -0.1) is 0 Å². The number of hydrogen-bond acceptors (Lipinski definition) is 1. The maximum atomic E-state index is 6.05. The van der Waals surface area contributed by atoms with E-state index in [1.165, 1.54) is 5.56 Å². The van der Waals surface area contributed by atoms with Crippen LogP contribution in [-0.4, -0.2) is 7.05 Å². The van der Waals surface area contributed by atoms with Gasteiger partial charge >= 0.3 is 0 Å². The zero-order valence-corrected chi connectivity index (χ0v) is 13.6. The van der Waals surface area contributed by atoms with E-state index in [2.05, 4.69) is 45.5 Å². The molecule has 0 aliphatic carbocycles. The van der Waals surface area contributed by atoms with Gasteiger partial charge in [-0.2, -0.15) is 0 Å². The van der Waals surface area contributed by atoms with Gasteiger partial charge in [-0.1, -0.05) is 57.3 Å². The molecule has 1 N–H and O–H groups in total. The molecule has 1 nitrogen and oxygen atoms in total. The monoisotopic (exact) mass is 357 g/mol. The Morgan fingerprint density at radius 2 is 1.74 bits per heavy atom. The summed E-state index contributed by atoms with van der Waals surface area (Å²) in [6.45, 7) is 0. The molecule has 19 heavy (non-hydrogen) atoms. The minimum Gasteiger partial charge on any atom is -0.313 e. The van der Waals surface area contributed by atoms with Crippen LogP contribution in [0.5, 0.6) is 0 Å². The highest BCUT2D eigenvalue weighted by Gasteiger charge is 2.11. The van der Waals surface area contributed by atoms with Crippen molar-refractivity contribution >= 4 is 39.1 Å². The zero-order chi connectivity index (χ0) is 13.8. The summed E-state index contributed by atoms with van der Waals surface area (Å²) < 4.78 is 1.08. The van der Waals surface area contributed by atoms with Crippen LogP contribution in [0.3, 0.4) is 0 Å². The number of nitrogens with one attached hydrogen (secondary N) is 1. The molecule has 0 aromatic heterocycles. The molecule has 100 valence electrons. The molecule has 2 aromatic rings. The fourth-order valence-electron chi connectivity index (χ4n) is 1.98. The Bertz CT molecular complexity index is 555.